The second-order valence-electron chi connectivity index (χ2n) is 7.21. The van der Waals surface area contributed by atoms with Crippen LogP contribution in [0.3, 0.4) is 0 Å². The number of nitrogens with zero attached hydrogens (tertiary/aromatic N) is 5. The molecule has 1 aromatic carbocycles. The van der Waals surface area contributed by atoms with Crippen molar-refractivity contribution < 1.29 is 26.7 Å². The Bertz CT molecular complexity index is 978. The van der Waals surface area contributed by atoms with E-state index < -0.39 is 27.6 Å². The van der Waals surface area contributed by atoms with Gasteiger partial charge in [-0.1, -0.05) is 19.1 Å². The fraction of sp³-hybridized carbons (Fsp3) is 0.550. The van der Waals surface area contributed by atoms with Gasteiger partial charge >= 0.3 is 0 Å². The number of likely N-dealkylation sites (N-methyl/N-ethyl adjacent to an activating group) is 1. The Hall–Kier alpha value is -2.76. The van der Waals surface area contributed by atoms with Crippen molar-refractivity contribution in [2.24, 2.45) is 0 Å². The fourth-order valence-corrected chi connectivity index (χ4v) is 4.54. The molecule has 0 spiro atoms. The van der Waals surface area contributed by atoms with Crippen molar-refractivity contribution in [3.63, 3.8) is 0 Å². The van der Waals surface area contributed by atoms with Crippen molar-refractivity contribution in [2.75, 3.05) is 48.0 Å². The lowest BCUT2D eigenvalue weighted by Gasteiger charge is -2.30. The molecule has 2 heterocycles. The van der Waals surface area contributed by atoms with Crippen LogP contribution in [-0.4, -0.2) is 74.2 Å². The number of sulfone groups is 1. The Morgan fingerprint density at radius 2 is 1.81 bits per heavy atom. The maximum Gasteiger partial charge on any atom is 0.293 e. The average molecular weight is 474 g/mol. The minimum Gasteiger partial charge on any atom is -0.461 e. The van der Waals surface area contributed by atoms with E-state index in [1.54, 1.807) is 25.1 Å². The van der Waals surface area contributed by atoms with Crippen LogP contribution in [0, 0.1) is 18.6 Å². The highest BCUT2D eigenvalue weighted by molar-refractivity contribution is 7.91. The number of hydrogen-bond acceptors (Lipinski definition) is 8. The first kappa shape index (κ1) is 25.5. The summed E-state index contributed by atoms with van der Waals surface area (Å²) in [6.07, 6.45) is 1.07. The van der Waals surface area contributed by atoms with E-state index >= 15 is 0 Å². The molecule has 0 amide bonds. The molecule has 0 aliphatic carbocycles. The van der Waals surface area contributed by atoms with Gasteiger partial charge in [-0.15, -0.1) is 5.10 Å². The van der Waals surface area contributed by atoms with Crippen LogP contribution in [0.2, 0.25) is 0 Å². The van der Waals surface area contributed by atoms with E-state index in [1.165, 1.54) is 21.7 Å². The Morgan fingerprint density at radius 3 is 2.31 bits per heavy atom. The average Bonchev–Trinajstić information content (AvgIpc) is 3.14. The number of ether oxygens (including phenoxy) is 1. The number of carbonyl (C=O) groups is 1. The minimum atomic E-state index is -3.16. The molecule has 9 nitrogen and oxygen atoms in total. The quantitative estimate of drug-likeness (QED) is 0.536. The summed E-state index contributed by atoms with van der Waals surface area (Å²) in [6, 6.07) is 2.36. The molecule has 1 aliphatic rings. The van der Waals surface area contributed by atoms with Crippen LogP contribution in [0.5, 0.6) is 0 Å². The Balaban J connectivity index is 0.00000176. The summed E-state index contributed by atoms with van der Waals surface area (Å²) >= 11 is 0. The third kappa shape index (κ3) is 6.62. The van der Waals surface area contributed by atoms with Crippen molar-refractivity contribution in [3.05, 3.63) is 35.7 Å². The molecule has 1 atom stereocenters. The third-order valence-electron chi connectivity index (χ3n) is 4.87. The first-order valence-corrected chi connectivity index (χ1v) is 12.1. The van der Waals surface area contributed by atoms with Crippen LogP contribution in [0.25, 0.3) is 0 Å². The Kier molecular flexibility index (Phi) is 8.93. The van der Waals surface area contributed by atoms with E-state index in [2.05, 4.69) is 10.3 Å². The summed E-state index contributed by atoms with van der Waals surface area (Å²) in [5.74, 6) is -1.84. The molecule has 1 saturated heterocycles. The first-order valence-electron chi connectivity index (χ1n) is 10.3. The highest BCUT2D eigenvalue weighted by Crippen LogP contribution is 2.29. The lowest BCUT2D eigenvalue weighted by atomic mass is 10.2. The standard InChI is InChI=1S/C18H23F2N5O4S.C2H6/c1-13-9-25(22-21-13)11-15(29-12-26)10-23(2)14-7-16(19)18(17(20)8-14)24-3-5-30(27,28)6-4-24;1-2/h7-9,12,15H,3-6,10-11H2,1-2H3;1-2H3. The number of rotatable bonds is 8. The molecule has 1 unspecified atom stereocenters. The van der Waals surface area contributed by atoms with Gasteiger partial charge in [0.25, 0.3) is 6.47 Å². The second kappa shape index (κ2) is 11.2. The molecule has 0 bridgehead atoms. The first-order chi connectivity index (χ1) is 15.2. The summed E-state index contributed by atoms with van der Waals surface area (Å²) in [5.41, 5.74) is 0.729. The number of anilines is 2. The van der Waals surface area contributed by atoms with Gasteiger partial charge in [0, 0.05) is 32.0 Å². The largest absolute Gasteiger partial charge is 0.461 e. The zero-order valence-corrected chi connectivity index (χ0v) is 19.5. The lowest BCUT2D eigenvalue weighted by Crippen LogP contribution is -2.41. The molecule has 1 aromatic heterocycles. The van der Waals surface area contributed by atoms with Gasteiger partial charge in [-0.3, -0.25) is 4.79 Å². The highest BCUT2D eigenvalue weighted by atomic mass is 32.2. The van der Waals surface area contributed by atoms with Crippen LogP contribution in [-0.2, 0) is 25.9 Å². The second-order valence-corrected chi connectivity index (χ2v) is 9.52. The Morgan fingerprint density at radius 1 is 1.22 bits per heavy atom. The molecule has 1 fully saturated rings. The van der Waals surface area contributed by atoms with E-state index in [-0.39, 0.29) is 49.1 Å². The molecule has 178 valence electrons. The van der Waals surface area contributed by atoms with E-state index in [0.717, 1.165) is 0 Å². The molecule has 0 radical (unpaired) electrons. The van der Waals surface area contributed by atoms with Crippen molar-refractivity contribution in [3.8, 4) is 0 Å². The molecular formula is C20H29F2N5O4S. The number of carbonyl (C=O) groups excluding carboxylic acids is 1. The lowest BCUT2D eigenvalue weighted by molar-refractivity contribution is -0.133. The molecule has 0 N–H and O–H groups in total. The molecule has 12 heteroatoms. The van der Waals surface area contributed by atoms with E-state index in [9.17, 15) is 22.0 Å². The van der Waals surface area contributed by atoms with Crippen molar-refractivity contribution in [1.29, 1.82) is 0 Å². The molecule has 3 rings (SSSR count). The molecule has 1 aliphatic heterocycles. The zero-order chi connectivity index (χ0) is 23.9. The summed E-state index contributed by atoms with van der Waals surface area (Å²) in [5, 5.41) is 7.77. The van der Waals surface area contributed by atoms with Gasteiger partial charge in [0.1, 0.15) is 11.8 Å². The topological polar surface area (TPSA) is 97.6 Å². The maximum atomic E-state index is 14.7. The third-order valence-corrected chi connectivity index (χ3v) is 6.48. The number of halogens is 2. The minimum absolute atomic E-state index is 0.0396. The van der Waals surface area contributed by atoms with Crippen LogP contribution < -0.4 is 9.80 Å². The highest BCUT2D eigenvalue weighted by Gasteiger charge is 2.27. The monoisotopic (exact) mass is 473 g/mol. The molecule has 32 heavy (non-hydrogen) atoms. The summed E-state index contributed by atoms with van der Waals surface area (Å²) in [7, 11) is -1.54. The smallest absolute Gasteiger partial charge is 0.293 e. The van der Waals surface area contributed by atoms with E-state index in [4.69, 9.17) is 4.74 Å². The normalized spacial score (nSPS) is 16.0. The van der Waals surface area contributed by atoms with Gasteiger partial charge < -0.3 is 14.5 Å². The van der Waals surface area contributed by atoms with Gasteiger partial charge in [0.15, 0.2) is 21.5 Å². The predicted octanol–water partition coefficient (Wildman–Crippen LogP) is 1.80. The number of aromatic nitrogens is 3. The van der Waals surface area contributed by atoms with Gasteiger partial charge in [-0.05, 0) is 19.1 Å². The van der Waals surface area contributed by atoms with E-state index in [0.29, 0.717) is 12.2 Å². The van der Waals surface area contributed by atoms with Gasteiger partial charge in [-0.2, -0.15) is 0 Å². The van der Waals surface area contributed by atoms with Crippen molar-refractivity contribution in [2.45, 2.75) is 33.4 Å². The van der Waals surface area contributed by atoms with Crippen molar-refractivity contribution >= 4 is 27.7 Å². The predicted molar refractivity (Wildman–Crippen MR) is 118 cm³/mol. The van der Waals surface area contributed by atoms with Crippen molar-refractivity contribution in [1.82, 2.24) is 15.0 Å². The van der Waals surface area contributed by atoms with E-state index in [1.807, 2.05) is 13.8 Å². The molecular weight excluding hydrogens is 444 g/mol. The van der Waals surface area contributed by atoms with Crippen LogP contribution in [0.4, 0.5) is 20.2 Å². The fourth-order valence-electron chi connectivity index (χ4n) is 3.34. The maximum absolute atomic E-state index is 14.7. The number of benzene rings is 1. The number of aryl methyl sites for hydroxylation is 1. The summed E-state index contributed by atoms with van der Waals surface area (Å²) in [6.45, 7) is 6.57. The van der Waals surface area contributed by atoms with Gasteiger partial charge in [-0.25, -0.2) is 21.9 Å². The molecule has 2 aromatic rings. The SMILES string of the molecule is CC.Cc1cn(CC(CN(C)c2cc(F)c(N3CCS(=O)(=O)CC3)c(F)c2)OC=O)nn1. The summed E-state index contributed by atoms with van der Waals surface area (Å²) in [4.78, 5) is 13.8. The van der Waals surface area contributed by atoms with Crippen LogP contribution in [0.1, 0.15) is 19.5 Å². The molecule has 0 saturated carbocycles. The van der Waals surface area contributed by atoms with Gasteiger partial charge in [0.2, 0.25) is 0 Å². The van der Waals surface area contributed by atoms with Crippen LogP contribution >= 0.6 is 0 Å². The zero-order valence-electron chi connectivity index (χ0n) is 18.7. The summed E-state index contributed by atoms with van der Waals surface area (Å²) < 4.78 is 59.2. The number of hydrogen-bond donors (Lipinski definition) is 0. The van der Waals surface area contributed by atoms with Crippen LogP contribution in [0.15, 0.2) is 18.3 Å². The van der Waals surface area contributed by atoms with Gasteiger partial charge in [0.05, 0.1) is 30.3 Å². The Labute approximate surface area is 186 Å².